The van der Waals surface area contributed by atoms with E-state index in [9.17, 15) is 9.59 Å². The lowest BCUT2D eigenvalue weighted by Crippen LogP contribution is -2.42. The van der Waals surface area contributed by atoms with Gasteiger partial charge in [-0.3, -0.25) is 9.78 Å². The third-order valence-corrected chi connectivity index (χ3v) is 3.49. The minimum Gasteiger partial charge on any atom is -0.467 e. The van der Waals surface area contributed by atoms with E-state index in [1.54, 1.807) is 25.3 Å². The average molecular weight is 311 g/mol. The van der Waals surface area contributed by atoms with Crippen molar-refractivity contribution < 1.29 is 14.3 Å². The van der Waals surface area contributed by atoms with Crippen molar-refractivity contribution in [3.8, 4) is 6.07 Å². The number of carbonyl (C=O) groups excluding carboxylic acids is 2. The summed E-state index contributed by atoms with van der Waals surface area (Å²) in [7, 11) is 1.25. The van der Waals surface area contributed by atoms with Gasteiger partial charge in [0.1, 0.15) is 6.04 Å². The molecule has 2 aromatic rings. The van der Waals surface area contributed by atoms with Crippen LogP contribution < -0.4 is 5.32 Å². The molecular formula is C17H17N3O3. The minimum absolute atomic E-state index is 0.192. The summed E-state index contributed by atoms with van der Waals surface area (Å²) in [4.78, 5) is 28.6. The molecule has 1 aromatic heterocycles. The quantitative estimate of drug-likeness (QED) is 0.853. The Morgan fingerprint density at radius 1 is 1.35 bits per heavy atom. The van der Waals surface area contributed by atoms with Crippen molar-refractivity contribution in [2.75, 3.05) is 7.11 Å². The topological polar surface area (TPSA) is 92.1 Å². The van der Waals surface area contributed by atoms with Crippen LogP contribution in [0.1, 0.15) is 23.7 Å². The van der Waals surface area contributed by atoms with Gasteiger partial charge in [0.05, 0.1) is 24.3 Å². The Bertz CT molecular complexity index is 762. The van der Waals surface area contributed by atoms with Crippen LogP contribution in [0, 0.1) is 17.2 Å². The largest absolute Gasteiger partial charge is 0.467 e. The van der Waals surface area contributed by atoms with Crippen molar-refractivity contribution >= 4 is 22.8 Å². The standard InChI is InChI=1S/C17H17N3O3/c1-11(10-18)9-15(17(22)23-2)20-16(21)13-7-8-19-14-6-4-3-5-12(13)14/h3-8,11,15H,9H2,1-2H3,(H,20,21)/t11-,15-/m0/s1. The van der Waals surface area contributed by atoms with E-state index in [-0.39, 0.29) is 12.3 Å². The number of carbonyl (C=O) groups is 2. The zero-order valence-corrected chi connectivity index (χ0v) is 12.9. The van der Waals surface area contributed by atoms with Gasteiger partial charge in [-0.05, 0) is 25.5 Å². The second-order valence-electron chi connectivity index (χ2n) is 5.19. The van der Waals surface area contributed by atoms with Crippen LogP contribution in [0.3, 0.4) is 0 Å². The lowest BCUT2D eigenvalue weighted by atomic mass is 10.0. The first-order valence-corrected chi connectivity index (χ1v) is 7.19. The van der Waals surface area contributed by atoms with Crippen LogP contribution in [0.15, 0.2) is 36.5 Å². The Hall–Kier alpha value is -2.94. The molecule has 0 bridgehead atoms. The minimum atomic E-state index is -0.867. The molecule has 1 N–H and O–H groups in total. The van der Waals surface area contributed by atoms with Crippen LogP contribution >= 0.6 is 0 Å². The molecule has 0 aliphatic rings. The molecule has 0 saturated carbocycles. The molecule has 0 spiro atoms. The van der Waals surface area contributed by atoms with Gasteiger partial charge in [-0.15, -0.1) is 0 Å². The molecule has 6 nitrogen and oxygen atoms in total. The third-order valence-electron chi connectivity index (χ3n) is 3.49. The predicted molar refractivity (Wildman–Crippen MR) is 84.4 cm³/mol. The molecule has 0 fully saturated rings. The lowest BCUT2D eigenvalue weighted by Gasteiger charge is -2.18. The smallest absolute Gasteiger partial charge is 0.328 e. The van der Waals surface area contributed by atoms with Gasteiger partial charge in [0.25, 0.3) is 5.91 Å². The lowest BCUT2D eigenvalue weighted by molar-refractivity contribution is -0.143. The molecule has 0 aliphatic carbocycles. The van der Waals surface area contributed by atoms with Gasteiger partial charge in [-0.1, -0.05) is 18.2 Å². The molecule has 0 aliphatic heterocycles. The number of nitriles is 1. The molecule has 2 rings (SSSR count). The molecule has 1 amide bonds. The number of esters is 1. The molecule has 2 atom stereocenters. The number of rotatable bonds is 5. The number of ether oxygens (including phenoxy) is 1. The highest BCUT2D eigenvalue weighted by Gasteiger charge is 2.25. The fourth-order valence-electron chi connectivity index (χ4n) is 2.29. The Morgan fingerprint density at radius 3 is 2.78 bits per heavy atom. The number of pyridine rings is 1. The summed E-state index contributed by atoms with van der Waals surface area (Å²) in [6.45, 7) is 1.68. The highest BCUT2D eigenvalue weighted by molar-refractivity contribution is 6.07. The third kappa shape index (κ3) is 3.83. The van der Waals surface area contributed by atoms with Gasteiger partial charge in [0.2, 0.25) is 0 Å². The SMILES string of the molecule is COC(=O)[C@H](C[C@H](C)C#N)NC(=O)c1ccnc2ccccc12. The summed E-state index contributed by atoms with van der Waals surface area (Å²) in [5, 5.41) is 12.3. The number of methoxy groups -OCH3 is 1. The average Bonchev–Trinajstić information content (AvgIpc) is 2.59. The molecule has 1 heterocycles. The Balaban J connectivity index is 2.27. The molecule has 23 heavy (non-hydrogen) atoms. The number of nitrogens with one attached hydrogen (secondary N) is 1. The zero-order chi connectivity index (χ0) is 16.8. The Labute approximate surface area is 134 Å². The van der Waals surface area contributed by atoms with Crippen LogP contribution in [0.25, 0.3) is 10.9 Å². The molecule has 6 heteroatoms. The van der Waals surface area contributed by atoms with Crippen molar-refractivity contribution in [1.82, 2.24) is 10.3 Å². The Kier molecular flexibility index (Phi) is 5.26. The van der Waals surface area contributed by atoms with E-state index in [1.807, 2.05) is 24.3 Å². The van der Waals surface area contributed by atoms with E-state index < -0.39 is 17.9 Å². The molecule has 118 valence electrons. The molecule has 0 radical (unpaired) electrons. The maximum atomic E-state index is 12.5. The highest BCUT2D eigenvalue weighted by atomic mass is 16.5. The van der Waals surface area contributed by atoms with Gasteiger partial charge >= 0.3 is 5.97 Å². The van der Waals surface area contributed by atoms with Gasteiger partial charge in [-0.2, -0.15) is 5.26 Å². The van der Waals surface area contributed by atoms with Gasteiger partial charge in [0, 0.05) is 17.5 Å². The molecule has 1 aromatic carbocycles. The number of benzene rings is 1. The number of fused-ring (bicyclic) bond motifs is 1. The zero-order valence-electron chi connectivity index (χ0n) is 12.9. The van der Waals surface area contributed by atoms with Crippen molar-refractivity contribution in [3.05, 3.63) is 42.1 Å². The number of aromatic nitrogens is 1. The van der Waals surface area contributed by atoms with Gasteiger partial charge in [0.15, 0.2) is 0 Å². The van der Waals surface area contributed by atoms with Crippen molar-refractivity contribution in [2.24, 2.45) is 5.92 Å². The molecular weight excluding hydrogens is 294 g/mol. The fraction of sp³-hybridized carbons (Fsp3) is 0.294. The first kappa shape index (κ1) is 16.4. The summed E-state index contributed by atoms with van der Waals surface area (Å²) >= 11 is 0. The summed E-state index contributed by atoms with van der Waals surface area (Å²) in [5.74, 6) is -1.35. The van der Waals surface area contributed by atoms with Gasteiger partial charge < -0.3 is 10.1 Å². The number of nitrogens with zero attached hydrogens (tertiary/aromatic N) is 2. The Morgan fingerprint density at radius 2 is 2.09 bits per heavy atom. The number of hydrogen-bond acceptors (Lipinski definition) is 5. The van der Waals surface area contributed by atoms with Crippen molar-refractivity contribution in [1.29, 1.82) is 5.26 Å². The number of amides is 1. The van der Waals surface area contributed by atoms with E-state index in [2.05, 4.69) is 10.3 Å². The van der Waals surface area contributed by atoms with Crippen molar-refractivity contribution in [3.63, 3.8) is 0 Å². The second kappa shape index (κ2) is 7.36. The van der Waals surface area contributed by atoms with Gasteiger partial charge in [-0.25, -0.2) is 4.79 Å². The summed E-state index contributed by atoms with van der Waals surface area (Å²) < 4.78 is 4.71. The van der Waals surface area contributed by atoms with Crippen LogP contribution in [0.5, 0.6) is 0 Å². The second-order valence-corrected chi connectivity index (χ2v) is 5.19. The van der Waals surface area contributed by atoms with Crippen LogP contribution in [0.4, 0.5) is 0 Å². The molecule has 0 unspecified atom stereocenters. The highest BCUT2D eigenvalue weighted by Crippen LogP contribution is 2.17. The predicted octanol–water partition coefficient (Wildman–Crippen LogP) is 2.06. The normalized spacial score (nSPS) is 12.9. The maximum absolute atomic E-state index is 12.5. The van der Waals surface area contributed by atoms with E-state index in [0.29, 0.717) is 16.5 Å². The van der Waals surface area contributed by atoms with E-state index in [1.165, 1.54) is 7.11 Å². The summed E-state index contributed by atoms with van der Waals surface area (Å²) in [6, 6.07) is 10.0. The van der Waals surface area contributed by atoms with E-state index >= 15 is 0 Å². The van der Waals surface area contributed by atoms with Crippen LogP contribution in [-0.2, 0) is 9.53 Å². The van der Waals surface area contributed by atoms with E-state index in [0.717, 1.165) is 0 Å². The van der Waals surface area contributed by atoms with Crippen LogP contribution in [-0.4, -0.2) is 30.0 Å². The number of para-hydroxylation sites is 1. The fourth-order valence-corrected chi connectivity index (χ4v) is 2.29. The summed E-state index contributed by atoms with van der Waals surface area (Å²) in [6.07, 6.45) is 1.74. The van der Waals surface area contributed by atoms with Crippen molar-refractivity contribution in [2.45, 2.75) is 19.4 Å². The maximum Gasteiger partial charge on any atom is 0.328 e. The number of hydrogen-bond donors (Lipinski definition) is 1. The van der Waals surface area contributed by atoms with E-state index in [4.69, 9.17) is 10.00 Å². The van der Waals surface area contributed by atoms with Crippen LogP contribution in [0.2, 0.25) is 0 Å². The summed E-state index contributed by atoms with van der Waals surface area (Å²) in [5.41, 5.74) is 1.12. The molecule has 0 saturated heterocycles. The first-order valence-electron chi connectivity index (χ1n) is 7.19. The first-order chi connectivity index (χ1) is 11.1. The monoisotopic (exact) mass is 311 g/mol.